The summed E-state index contributed by atoms with van der Waals surface area (Å²) < 4.78 is 1.16. The van der Waals surface area contributed by atoms with E-state index in [0.29, 0.717) is 0 Å². The molecule has 3 rings (SSSR count). The maximum Gasteiger partial charge on any atom is 0.0913 e. The summed E-state index contributed by atoms with van der Waals surface area (Å²) in [4.78, 5) is 4.76. The summed E-state index contributed by atoms with van der Waals surface area (Å²) in [5, 5.41) is 5.42. The van der Waals surface area contributed by atoms with E-state index in [1.807, 2.05) is 6.07 Å². The van der Waals surface area contributed by atoms with E-state index < -0.39 is 0 Å². The predicted molar refractivity (Wildman–Crippen MR) is 85.7 cm³/mol. The van der Waals surface area contributed by atoms with Gasteiger partial charge in [-0.2, -0.15) is 0 Å². The van der Waals surface area contributed by atoms with Gasteiger partial charge in [0.15, 0.2) is 0 Å². The van der Waals surface area contributed by atoms with Crippen LogP contribution in [-0.4, -0.2) is 11.5 Å². The van der Waals surface area contributed by atoms with E-state index in [1.54, 1.807) is 0 Å². The lowest BCUT2D eigenvalue weighted by Gasteiger charge is -2.14. The number of rotatable bonds is 2. The SMILES string of the molecule is CCNc1c2c(nc3c(Cl)cc(I)cc13)CCC2. The minimum atomic E-state index is 0.755. The number of halogens is 2. The van der Waals surface area contributed by atoms with E-state index >= 15 is 0 Å². The molecular formula is C14H14ClIN2. The van der Waals surface area contributed by atoms with E-state index in [2.05, 4.69) is 40.9 Å². The number of aryl methyl sites for hydroxylation is 1. The van der Waals surface area contributed by atoms with Gasteiger partial charge in [0.05, 0.1) is 10.5 Å². The molecule has 0 aliphatic heterocycles. The van der Waals surface area contributed by atoms with Gasteiger partial charge < -0.3 is 5.32 Å². The maximum absolute atomic E-state index is 6.34. The highest BCUT2D eigenvalue weighted by atomic mass is 127. The molecule has 4 heteroatoms. The van der Waals surface area contributed by atoms with Crippen LogP contribution >= 0.6 is 34.2 Å². The van der Waals surface area contributed by atoms with Crippen molar-refractivity contribution in [3.05, 3.63) is 32.0 Å². The fourth-order valence-corrected chi connectivity index (χ4v) is 3.74. The summed E-state index contributed by atoms with van der Waals surface area (Å²) in [7, 11) is 0. The summed E-state index contributed by atoms with van der Waals surface area (Å²) in [6.45, 7) is 3.05. The number of aromatic nitrogens is 1. The van der Waals surface area contributed by atoms with Crippen LogP contribution < -0.4 is 5.32 Å². The fourth-order valence-electron chi connectivity index (χ4n) is 2.67. The van der Waals surface area contributed by atoms with Crippen LogP contribution in [0.2, 0.25) is 5.02 Å². The summed E-state index contributed by atoms with van der Waals surface area (Å²) in [6, 6.07) is 4.15. The quantitative estimate of drug-likeness (QED) is 0.790. The molecule has 1 aromatic heterocycles. The van der Waals surface area contributed by atoms with E-state index in [0.717, 1.165) is 38.9 Å². The third-order valence-electron chi connectivity index (χ3n) is 3.39. The zero-order chi connectivity index (χ0) is 12.7. The topological polar surface area (TPSA) is 24.9 Å². The minimum absolute atomic E-state index is 0.755. The second-order valence-electron chi connectivity index (χ2n) is 4.58. The van der Waals surface area contributed by atoms with Crippen LogP contribution in [0.1, 0.15) is 24.6 Å². The summed E-state index contributed by atoms with van der Waals surface area (Å²) in [5.41, 5.74) is 4.80. The largest absolute Gasteiger partial charge is 0.384 e. The van der Waals surface area contributed by atoms with E-state index in [9.17, 15) is 0 Å². The van der Waals surface area contributed by atoms with Crippen molar-refractivity contribution < 1.29 is 0 Å². The molecule has 1 aliphatic carbocycles. The van der Waals surface area contributed by atoms with Crippen LogP contribution in [0.15, 0.2) is 12.1 Å². The van der Waals surface area contributed by atoms with Gasteiger partial charge in [0, 0.05) is 26.9 Å². The van der Waals surface area contributed by atoms with Crippen molar-refractivity contribution in [2.24, 2.45) is 0 Å². The fraction of sp³-hybridized carbons (Fsp3) is 0.357. The number of nitrogens with one attached hydrogen (secondary N) is 1. The number of nitrogens with zero attached hydrogens (tertiary/aromatic N) is 1. The lowest BCUT2D eigenvalue weighted by atomic mass is 10.1. The molecule has 94 valence electrons. The van der Waals surface area contributed by atoms with Gasteiger partial charge >= 0.3 is 0 Å². The Labute approximate surface area is 125 Å². The number of hydrogen-bond acceptors (Lipinski definition) is 2. The minimum Gasteiger partial charge on any atom is -0.384 e. The Kier molecular flexibility index (Phi) is 3.36. The third-order valence-corrected chi connectivity index (χ3v) is 4.30. The van der Waals surface area contributed by atoms with Crippen molar-refractivity contribution in [3.8, 4) is 0 Å². The summed E-state index contributed by atoms with van der Waals surface area (Å²) >= 11 is 8.65. The third kappa shape index (κ3) is 1.97. The van der Waals surface area contributed by atoms with Crippen LogP contribution in [0.4, 0.5) is 5.69 Å². The second-order valence-corrected chi connectivity index (χ2v) is 6.23. The molecule has 0 unspecified atom stereocenters. The van der Waals surface area contributed by atoms with Crippen LogP contribution in [-0.2, 0) is 12.8 Å². The highest BCUT2D eigenvalue weighted by molar-refractivity contribution is 14.1. The number of hydrogen-bond donors (Lipinski definition) is 1. The number of pyridine rings is 1. The Balaban J connectivity index is 2.38. The molecule has 0 saturated heterocycles. The highest BCUT2D eigenvalue weighted by Gasteiger charge is 2.20. The first-order chi connectivity index (χ1) is 8.70. The highest BCUT2D eigenvalue weighted by Crippen LogP contribution is 2.37. The van der Waals surface area contributed by atoms with Crippen molar-refractivity contribution in [2.45, 2.75) is 26.2 Å². The summed E-state index contributed by atoms with van der Waals surface area (Å²) in [6.07, 6.45) is 3.40. The van der Waals surface area contributed by atoms with Crippen molar-refractivity contribution >= 4 is 50.8 Å². The molecule has 1 heterocycles. The molecule has 0 atom stereocenters. The number of fused-ring (bicyclic) bond motifs is 2. The average molecular weight is 373 g/mol. The first-order valence-corrected chi connectivity index (χ1v) is 7.70. The lowest BCUT2D eigenvalue weighted by Crippen LogP contribution is -2.04. The molecule has 0 saturated carbocycles. The molecule has 0 amide bonds. The molecule has 1 aromatic carbocycles. The van der Waals surface area contributed by atoms with Crippen LogP contribution in [0, 0.1) is 3.57 Å². The van der Waals surface area contributed by atoms with Crippen molar-refractivity contribution in [1.29, 1.82) is 0 Å². The van der Waals surface area contributed by atoms with Gasteiger partial charge in [0.2, 0.25) is 0 Å². The van der Waals surface area contributed by atoms with Gasteiger partial charge in [-0.1, -0.05) is 11.6 Å². The van der Waals surface area contributed by atoms with Gasteiger partial charge in [-0.05, 0) is 66.5 Å². The lowest BCUT2D eigenvalue weighted by molar-refractivity contribution is 0.901. The molecule has 1 N–H and O–H groups in total. The van der Waals surface area contributed by atoms with Crippen LogP contribution in [0.5, 0.6) is 0 Å². The van der Waals surface area contributed by atoms with E-state index in [1.165, 1.54) is 23.4 Å². The molecule has 0 fully saturated rings. The zero-order valence-corrected chi connectivity index (χ0v) is 13.1. The van der Waals surface area contributed by atoms with Crippen LogP contribution in [0.3, 0.4) is 0 Å². The molecule has 2 aromatic rings. The monoisotopic (exact) mass is 372 g/mol. The van der Waals surface area contributed by atoms with Gasteiger partial charge in [-0.25, -0.2) is 0 Å². The molecule has 2 nitrogen and oxygen atoms in total. The molecule has 0 spiro atoms. The Morgan fingerprint density at radius 3 is 3.00 bits per heavy atom. The predicted octanol–water partition coefficient (Wildman–Crippen LogP) is 4.41. The number of benzene rings is 1. The molecule has 0 radical (unpaired) electrons. The Morgan fingerprint density at radius 1 is 1.39 bits per heavy atom. The first-order valence-electron chi connectivity index (χ1n) is 6.25. The Morgan fingerprint density at radius 2 is 2.22 bits per heavy atom. The second kappa shape index (κ2) is 4.85. The van der Waals surface area contributed by atoms with Crippen LogP contribution in [0.25, 0.3) is 10.9 Å². The Bertz CT molecular complexity index is 625. The van der Waals surface area contributed by atoms with Crippen molar-refractivity contribution in [1.82, 2.24) is 4.98 Å². The zero-order valence-electron chi connectivity index (χ0n) is 10.2. The van der Waals surface area contributed by atoms with Gasteiger partial charge in [0.1, 0.15) is 0 Å². The van der Waals surface area contributed by atoms with Gasteiger partial charge in [-0.15, -0.1) is 0 Å². The van der Waals surface area contributed by atoms with E-state index in [4.69, 9.17) is 16.6 Å². The van der Waals surface area contributed by atoms with Gasteiger partial charge in [-0.3, -0.25) is 4.98 Å². The smallest absolute Gasteiger partial charge is 0.0913 e. The summed E-state index contributed by atoms with van der Waals surface area (Å²) in [5.74, 6) is 0. The standard InChI is InChI=1S/C14H14ClIN2/c1-2-17-13-9-4-3-5-12(9)18-14-10(13)6-8(16)7-11(14)15/h6-7H,2-5H2,1H3,(H,17,18). The molecule has 0 bridgehead atoms. The van der Waals surface area contributed by atoms with Crippen molar-refractivity contribution in [2.75, 3.05) is 11.9 Å². The molecular weight excluding hydrogens is 359 g/mol. The number of anilines is 1. The first kappa shape index (κ1) is 12.5. The van der Waals surface area contributed by atoms with Gasteiger partial charge in [0.25, 0.3) is 0 Å². The maximum atomic E-state index is 6.34. The van der Waals surface area contributed by atoms with Crippen molar-refractivity contribution in [3.63, 3.8) is 0 Å². The normalized spacial score (nSPS) is 13.9. The average Bonchev–Trinajstić information content (AvgIpc) is 2.78. The Hall–Kier alpha value is -0.550. The molecule has 18 heavy (non-hydrogen) atoms. The molecule has 1 aliphatic rings. The van der Waals surface area contributed by atoms with E-state index in [-0.39, 0.29) is 0 Å².